The fraction of sp³-hybridized carbons (Fsp3) is 0.357. The molecule has 0 amide bonds. The highest BCUT2D eigenvalue weighted by Crippen LogP contribution is 2.31. The normalized spacial score (nSPS) is 22.1. The number of rotatable bonds is 5. The second-order valence-corrected chi connectivity index (χ2v) is 7.43. The topological polar surface area (TPSA) is 63.2 Å². The average Bonchev–Trinajstić information content (AvgIpc) is 3.05. The maximum atomic E-state index is 14.3. The summed E-state index contributed by atoms with van der Waals surface area (Å²) < 4.78 is 48.3. The van der Waals surface area contributed by atoms with Crippen molar-refractivity contribution in [1.29, 1.82) is 0 Å². The monoisotopic (exact) mass is 393 g/mol. The molecule has 2 aromatic rings. The number of nitrogens with one attached hydrogen (secondary N) is 2. The van der Waals surface area contributed by atoms with Crippen LogP contribution < -0.4 is 14.8 Å². The lowest BCUT2D eigenvalue weighted by atomic mass is 10.1. The quantitative estimate of drug-likeness (QED) is 0.819. The van der Waals surface area contributed by atoms with Gasteiger partial charge in [0.1, 0.15) is 29.7 Å². The van der Waals surface area contributed by atoms with Gasteiger partial charge >= 0.3 is 0 Å². The smallest absolute Gasteiger partial charge is 0.154 e. The van der Waals surface area contributed by atoms with Gasteiger partial charge in [-0.05, 0) is 19.0 Å². The number of thiazole rings is 1. The molecule has 130 valence electrons. The van der Waals surface area contributed by atoms with Gasteiger partial charge in [-0.2, -0.15) is 0 Å². The van der Waals surface area contributed by atoms with E-state index in [0.29, 0.717) is 18.8 Å². The lowest BCUT2D eigenvalue weighted by Gasteiger charge is -2.27. The molecule has 3 rings (SSSR count). The van der Waals surface area contributed by atoms with E-state index in [-0.39, 0.29) is 22.2 Å². The molecule has 24 heavy (non-hydrogen) atoms. The highest BCUT2D eigenvalue weighted by Gasteiger charge is 2.27. The minimum atomic E-state index is -1.86. The van der Waals surface area contributed by atoms with Crippen molar-refractivity contribution in [2.45, 2.75) is 23.6 Å². The molecule has 10 heteroatoms. The van der Waals surface area contributed by atoms with Gasteiger partial charge in [0.2, 0.25) is 0 Å². The summed E-state index contributed by atoms with van der Waals surface area (Å²) in [5.74, 6) is -0.331. The van der Waals surface area contributed by atoms with E-state index in [9.17, 15) is 13.0 Å². The van der Waals surface area contributed by atoms with E-state index in [1.807, 2.05) is 0 Å². The highest BCUT2D eigenvalue weighted by molar-refractivity contribution is 7.86. The van der Waals surface area contributed by atoms with Crippen molar-refractivity contribution in [2.24, 2.45) is 0 Å². The summed E-state index contributed by atoms with van der Waals surface area (Å²) in [5, 5.41) is 4.63. The Labute approximate surface area is 149 Å². The molecule has 1 saturated heterocycles. The minimum absolute atomic E-state index is 0.0399. The first-order chi connectivity index (χ1) is 11.5. The van der Waals surface area contributed by atoms with Crippen LogP contribution >= 0.6 is 22.9 Å². The second kappa shape index (κ2) is 7.73. The van der Waals surface area contributed by atoms with Gasteiger partial charge in [0.05, 0.1) is 15.4 Å². The molecule has 0 radical (unpaired) electrons. The number of piperidine rings is 1. The van der Waals surface area contributed by atoms with Crippen molar-refractivity contribution < 1.29 is 17.7 Å². The van der Waals surface area contributed by atoms with Gasteiger partial charge < -0.3 is 10.1 Å². The van der Waals surface area contributed by atoms with Gasteiger partial charge in [-0.1, -0.05) is 11.6 Å². The summed E-state index contributed by atoms with van der Waals surface area (Å²) in [7, 11) is -1.86. The van der Waals surface area contributed by atoms with Crippen molar-refractivity contribution in [3.63, 3.8) is 0 Å². The number of hydrogen-bond donors (Lipinski definition) is 2. The summed E-state index contributed by atoms with van der Waals surface area (Å²) >= 11 is 7.41. The first kappa shape index (κ1) is 17.5. The van der Waals surface area contributed by atoms with Gasteiger partial charge in [0, 0.05) is 18.0 Å². The van der Waals surface area contributed by atoms with Crippen LogP contribution in [0.3, 0.4) is 0 Å². The Morgan fingerprint density at radius 2 is 2.33 bits per heavy atom. The molecule has 0 bridgehead atoms. The van der Waals surface area contributed by atoms with E-state index in [0.717, 1.165) is 6.07 Å². The average molecular weight is 394 g/mol. The molecular formula is C14H14ClF2N3O2S2. The standard InChI is InChI=1S/C14H14ClF2N3O2S2/c15-8-3-13(24(21)20-14-6-23-7-19-14)9(16)4-12(8)22-11-1-2-18-5-10(11)17/h3-4,6-7,10-11,18,20H,1-2,5H2. The third kappa shape index (κ3) is 4.02. The Kier molecular flexibility index (Phi) is 5.65. The van der Waals surface area contributed by atoms with Crippen molar-refractivity contribution >= 4 is 39.7 Å². The predicted molar refractivity (Wildman–Crippen MR) is 90.4 cm³/mol. The molecule has 0 aliphatic carbocycles. The lowest BCUT2D eigenvalue weighted by Crippen LogP contribution is -2.44. The van der Waals surface area contributed by atoms with Gasteiger partial charge in [-0.15, -0.1) is 11.3 Å². The Hall–Kier alpha value is -1.29. The van der Waals surface area contributed by atoms with Gasteiger partial charge in [-0.25, -0.2) is 18.0 Å². The number of halogens is 3. The van der Waals surface area contributed by atoms with E-state index in [2.05, 4.69) is 15.0 Å². The molecule has 1 fully saturated rings. The number of aromatic nitrogens is 1. The van der Waals surface area contributed by atoms with Crippen LogP contribution in [-0.4, -0.2) is 34.6 Å². The molecule has 0 saturated carbocycles. The fourth-order valence-electron chi connectivity index (χ4n) is 2.25. The number of ether oxygens (including phenoxy) is 1. The van der Waals surface area contributed by atoms with E-state index in [1.54, 1.807) is 10.9 Å². The van der Waals surface area contributed by atoms with Crippen molar-refractivity contribution in [3.05, 3.63) is 33.9 Å². The number of hydrogen-bond acceptors (Lipinski definition) is 5. The van der Waals surface area contributed by atoms with Crippen molar-refractivity contribution in [3.8, 4) is 5.75 Å². The molecule has 3 unspecified atom stereocenters. The number of anilines is 1. The van der Waals surface area contributed by atoms with Gasteiger partial charge in [0.25, 0.3) is 0 Å². The van der Waals surface area contributed by atoms with Crippen molar-refractivity contribution in [2.75, 3.05) is 17.8 Å². The Morgan fingerprint density at radius 1 is 1.50 bits per heavy atom. The SMILES string of the molecule is O=S(Nc1cscn1)c1cc(Cl)c(OC2CCNCC2F)cc1F. The molecule has 2 heterocycles. The van der Waals surface area contributed by atoms with Crippen LogP contribution in [0.5, 0.6) is 5.75 Å². The summed E-state index contributed by atoms with van der Waals surface area (Å²) in [6.45, 7) is 0.801. The first-order valence-corrected chi connectivity index (χ1v) is 9.59. The van der Waals surface area contributed by atoms with Crippen LogP contribution in [0.25, 0.3) is 0 Å². The Morgan fingerprint density at radius 3 is 3.04 bits per heavy atom. The molecule has 2 N–H and O–H groups in total. The third-order valence-corrected chi connectivity index (χ3v) is 5.43. The molecule has 0 spiro atoms. The molecule has 5 nitrogen and oxygen atoms in total. The van der Waals surface area contributed by atoms with Crippen LogP contribution in [0, 0.1) is 5.82 Å². The van der Waals surface area contributed by atoms with Crippen LogP contribution in [-0.2, 0) is 11.0 Å². The lowest BCUT2D eigenvalue weighted by molar-refractivity contribution is 0.0729. The molecule has 1 aromatic carbocycles. The molecule has 1 aliphatic rings. The number of alkyl halides is 1. The highest BCUT2D eigenvalue weighted by atomic mass is 35.5. The second-order valence-electron chi connectivity index (χ2n) is 5.12. The predicted octanol–water partition coefficient (Wildman–Crippen LogP) is 3.15. The van der Waals surface area contributed by atoms with E-state index < -0.39 is 29.1 Å². The Bertz CT molecular complexity index is 733. The van der Waals surface area contributed by atoms with E-state index >= 15 is 0 Å². The largest absolute Gasteiger partial charge is 0.486 e. The number of benzene rings is 1. The van der Waals surface area contributed by atoms with Gasteiger partial charge in [-0.3, -0.25) is 4.72 Å². The minimum Gasteiger partial charge on any atom is -0.486 e. The maximum Gasteiger partial charge on any atom is 0.154 e. The molecule has 3 atom stereocenters. The van der Waals surface area contributed by atoms with E-state index in [1.165, 1.54) is 17.4 Å². The zero-order chi connectivity index (χ0) is 17.1. The van der Waals surface area contributed by atoms with Crippen LogP contribution in [0.15, 0.2) is 27.9 Å². The third-order valence-electron chi connectivity index (χ3n) is 3.44. The first-order valence-electron chi connectivity index (χ1n) is 7.11. The molecular weight excluding hydrogens is 380 g/mol. The Balaban J connectivity index is 1.76. The molecule has 1 aromatic heterocycles. The maximum absolute atomic E-state index is 14.3. The summed E-state index contributed by atoms with van der Waals surface area (Å²) in [6, 6.07) is 2.25. The van der Waals surface area contributed by atoms with Crippen molar-refractivity contribution in [1.82, 2.24) is 10.3 Å². The van der Waals surface area contributed by atoms with Crippen LogP contribution in [0.2, 0.25) is 5.02 Å². The number of nitrogens with zero attached hydrogens (tertiary/aromatic N) is 1. The summed E-state index contributed by atoms with van der Waals surface area (Å²) in [4.78, 5) is 3.80. The van der Waals surface area contributed by atoms with Gasteiger partial charge in [0.15, 0.2) is 11.0 Å². The molecule has 1 aliphatic heterocycles. The zero-order valence-corrected chi connectivity index (χ0v) is 14.7. The summed E-state index contributed by atoms with van der Waals surface area (Å²) in [6.07, 6.45) is -1.43. The fourth-order valence-corrected chi connectivity index (χ4v) is 3.95. The van der Waals surface area contributed by atoms with Crippen LogP contribution in [0.1, 0.15) is 6.42 Å². The van der Waals surface area contributed by atoms with Crippen LogP contribution in [0.4, 0.5) is 14.6 Å². The summed E-state index contributed by atoms with van der Waals surface area (Å²) in [5.41, 5.74) is 1.56. The van der Waals surface area contributed by atoms with E-state index in [4.69, 9.17) is 16.3 Å². The zero-order valence-electron chi connectivity index (χ0n) is 12.3.